The van der Waals surface area contributed by atoms with E-state index in [9.17, 15) is 0 Å². The second-order valence-corrected chi connectivity index (χ2v) is 6.68. The van der Waals surface area contributed by atoms with Crippen LogP contribution in [0.5, 0.6) is 0 Å². The molecule has 2 aromatic carbocycles. The number of para-hydroxylation sites is 1. The summed E-state index contributed by atoms with van der Waals surface area (Å²) in [5.41, 5.74) is 7.10. The Bertz CT molecular complexity index is 871. The van der Waals surface area contributed by atoms with Crippen molar-refractivity contribution >= 4 is 28.3 Å². The predicted molar refractivity (Wildman–Crippen MR) is 106 cm³/mol. The average Bonchev–Trinajstić information content (AvgIpc) is 3.02. The molecule has 0 aliphatic carbocycles. The fourth-order valence-electron chi connectivity index (χ4n) is 3.37. The van der Waals surface area contributed by atoms with Gasteiger partial charge in [-0.3, -0.25) is 0 Å². The summed E-state index contributed by atoms with van der Waals surface area (Å²) in [5, 5.41) is 9.04. The van der Waals surface area contributed by atoms with E-state index in [0.717, 1.165) is 35.4 Å². The van der Waals surface area contributed by atoms with Gasteiger partial charge in [-0.05, 0) is 18.1 Å². The van der Waals surface area contributed by atoms with Gasteiger partial charge in [-0.1, -0.05) is 77.2 Å². The zero-order valence-electron chi connectivity index (χ0n) is 13.6. The maximum atomic E-state index is 4.57. The van der Waals surface area contributed by atoms with Gasteiger partial charge in [0, 0.05) is 29.9 Å². The number of alkyl halides is 1. The molecular weight excluding hydrogens is 411 g/mol. The third kappa shape index (κ3) is 2.51. The molecule has 0 amide bonds. The molecule has 1 aromatic heterocycles. The number of benzene rings is 2. The molecular formula is C19H19IN4. The molecule has 24 heavy (non-hydrogen) atoms. The first-order chi connectivity index (χ1) is 11.8. The molecule has 3 aromatic rings. The Labute approximate surface area is 155 Å². The highest BCUT2D eigenvalue weighted by atomic mass is 127. The van der Waals surface area contributed by atoms with Crippen molar-refractivity contribution in [2.24, 2.45) is 0 Å². The Morgan fingerprint density at radius 3 is 2.58 bits per heavy atom. The Morgan fingerprint density at radius 1 is 1.04 bits per heavy atom. The first-order valence-corrected chi connectivity index (χ1v) is 9.78. The van der Waals surface area contributed by atoms with Crippen molar-refractivity contribution in [1.82, 2.24) is 15.0 Å². The normalized spacial score (nSPS) is 12.8. The third-order valence-electron chi connectivity index (χ3n) is 4.45. The van der Waals surface area contributed by atoms with Crippen LogP contribution in [0, 0.1) is 0 Å². The van der Waals surface area contributed by atoms with Gasteiger partial charge in [0.1, 0.15) is 5.69 Å². The molecule has 0 saturated carbocycles. The van der Waals surface area contributed by atoms with Crippen LogP contribution >= 0.6 is 22.6 Å². The van der Waals surface area contributed by atoms with Crippen molar-refractivity contribution in [1.29, 1.82) is 0 Å². The summed E-state index contributed by atoms with van der Waals surface area (Å²) < 4.78 is 2.99. The minimum Gasteiger partial charge on any atom is -0.357 e. The molecule has 1 aliphatic heterocycles. The molecule has 0 fully saturated rings. The van der Waals surface area contributed by atoms with E-state index < -0.39 is 0 Å². The summed E-state index contributed by atoms with van der Waals surface area (Å²) in [5.74, 6) is 0. The number of aryl methyl sites for hydroxylation is 1. The van der Waals surface area contributed by atoms with Crippen LogP contribution in [-0.2, 0) is 13.1 Å². The highest BCUT2D eigenvalue weighted by Gasteiger charge is 2.25. The standard InChI is InChI=1S/C19H19IN4/c1-2-11-24-19-15-8-4-3-7-14(15)12-23(13-20)17-10-6-5-9-16(17)18(19)21-22-24/h3-10H,2,11-13H2,1H3. The van der Waals surface area contributed by atoms with Gasteiger partial charge in [-0.2, -0.15) is 0 Å². The van der Waals surface area contributed by atoms with Gasteiger partial charge in [0.15, 0.2) is 0 Å². The lowest BCUT2D eigenvalue weighted by Gasteiger charge is -2.28. The Kier molecular flexibility index (Phi) is 4.26. The van der Waals surface area contributed by atoms with Gasteiger partial charge in [0.05, 0.1) is 10.2 Å². The van der Waals surface area contributed by atoms with E-state index in [1.54, 1.807) is 0 Å². The number of halogens is 1. The van der Waals surface area contributed by atoms with E-state index in [2.05, 4.69) is 97.9 Å². The summed E-state index contributed by atoms with van der Waals surface area (Å²) in [4.78, 5) is 2.40. The van der Waals surface area contributed by atoms with Crippen molar-refractivity contribution in [2.45, 2.75) is 26.4 Å². The van der Waals surface area contributed by atoms with Gasteiger partial charge in [0.25, 0.3) is 0 Å². The van der Waals surface area contributed by atoms with Crippen molar-refractivity contribution in [2.75, 3.05) is 9.45 Å². The quantitative estimate of drug-likeness (QED) is 0.342. The number of rotatable bonds is 3. The van der Waals surface area contributed by atoms with Crippen LogP contribution in [0.3, 0.4) is 0 Å². The third-order valence-corrected chi connectivity index (χ3v) is 5.27. The number of aromatic nitrogens is 3. The van der Waals surface area contributed by atoms with Crippen LogP contribution in [0.25, 0.3) is 22.5 Å². The van der Waals surface area contributed by atoms with E-state index in [1.807, 2.05) is 0 Å². The number of nitrogens with zero attached hydrogens (tertiary/aromatic N) is 4. The highest BCUT2D eigenvalue weighted by Crippen LogP contribution is 2.40. The highest BCUT2D eigenvalue weighted by molar-refractivity contribution is 14.1. The molecule has 0 N–H and O–H groups in total. The molecule has 0 spiro atoms. The topological polar surface area (TPSA) is 34.0 Å². The zero-order valence-corrected chi connectivity index (χ0v) is 15.8. The maximum Gasteiger partial charge on any atom is 0.123 e. The molecule has 0 saturated heterocycles. The van der Waals surface area contributed by atoms with Gasteiger partial charge >= 0.3 is 0 Å². The van der Waals surface area contributed by atoms with E-state index in [0.29, 0.717) is 0 Å². The molecule has 0 radical (unpaired) electrons. The first-order valence-electron chi connectivity index (χ1n) is 8.25. The monoisotopic (exact) mass is 430 g/mol. The maximum absolute atomic E-state index is 4.57. The fraction of sp³-hybridized carbons (Fsp3) is 0.263. The van der Waals surface area contributed by atoms with Crippen LogP contribution in [0.2, 0.25) is 0 Å². The summed E-state index contributed by atoms with van der Waals surface area (Å²) in [7, 11) is 0. The van der Waals surface area contributed by atoms with Crippen LogP contribution in [0.4, 0.5) is 5.69 Å². The smallest absolute Gasteiger partial charge is 0.123 e. The molecule has 0 atom stereocenters. The molecule has 1 aliphatic rings. The van der Waals surface area contributed by atoms with Gasteiger partial charge in [0.2, 0.25) is 0 Å². The molecule has 122 valence electrons. The largest absolute Gasteiger partial charge is 0.357 e. The van der Waals surface area contributed by atoms with E-state index in [1.165, 1.54) is 22.4 Å². The van der Waals surface area contributed by atoms with Crippen molar-refractivity contribution in [3.8, 4) is 22.5 Å². The Hall–Kier alpha value is -1.89. The number of hydrogen-bond donors (Lipinski definition) is 0. The molecule has 4 nitrogen and oxygen atoms in total. The molecule has 0 unspecified atom stereocenters. The van der Waals surface area contributed by atoms with E-state index in [-0.39, 0.29) is 0 Å². The summed E-state index contributed by atoms with van der Waals surface area (Å²) in [6.07, 6.45) is 1.04. The number of fused-ring (bicyclic) bond motifs is 5. The molecule has 5 heteroatoms. The minimum atomic E-state index is 0.884. The Balaban J connectivity index is 2.05. The Morgan fingerprint density at radius 2 is 1.79 bits per heavy atom. The van der Waals surface area contributed by atoms with Gasteiger partial charge in [-0.25, -0.2) is 4.68 Å². The van der Waals surface area contributed by atoms with Crippen LogP contribution in [0.15, 0.2) is 48.5 Å². The second kappa shape index (κ2) is 6.55. The summed E-state index contributed by atoms with van der Waals surface area (Å²) >= 11 is 2.44. The van der Waals surface area contributed by atoms with Gasteiger partial charge < -0.3 is 4.90 Å². The van der Waals surface area contributed by atoms with Crippen molar-refractivity contribution in [3.63, 3.8) is 0 Å². The van der Waals surface area contributed by atoms with Crippen molar-refractivity contribution in [3.05, 3.63) is 54.1 Å². The SMILES string of the molecule is CCCn1nnc2c1-c1ccccc1CN(CI)c1ccccc1-2. The summed E-state index contributed by atoms with van der Waals surface area (Å²) in [6.45, 7) is 3.95. The molecule has 2 heterocycles. The minimum absolute atomic E-state index is 0.884. The first kappa shape index (κ1) is 15.6. The lowest BCUT2D eigenvalue weighted by Crippen LogP contribution is -2.23. The fourth-order valence-corrected chi connectivity index (χ4v) is 3.97. The van der Waals surface area contributed by atoms with Gasteiger partial charge in [-0.15, -0.1) is 5.10 Å². The summed E-state index contributed by atoms with van der Waals surface area (Å²) in [6, 6.07) is 17.2. The van der Waals surface area contributed by atoms with E-state index in [4.69, 9.17) is 0 Å². The predicted octanol–water partition coefficient (Wildman–Crippen LogP) is 4.73. The lowest BCUT2D eigenvalue weighted by atomic mass is 9.96. The van der Waals surface area contributed by atoms with Crippen LogP contribution in [-0.4, -0.2) is 19.5 Å². The number of hydrogen-bond acceptors (Lipinski definition) is 3. The second-order valence-electron chi connectivity index (χ2n) is 6.00. The molecule has 4 rings (SSSR count). The van der Waals surface area contributed by atoms with Crippen LogP contribution < -0.4 is 4.90 Å². The number of anilines is 1. The zero-order chi connectivity index (χ0) is 16.5. The van der Waals surface area contributed by atoms with Crippen LogP contribution in [0.1, 0.15) is 18.9 Å². The average molecular weight is 430 g/mol. The van der Waals surface area contributed by atoms with E-state index >= 15 is 0 Å². The molecule has 0 bridgehead atoms. The van der Waals surface area contributed by atoms with Crippen molar-refractivity contribution < 1.29 is 0 Å². The lowest BCUT2D eigenvalue weighted by molar-refractivity contribution is 0.584.